The SMILES string of the molecule is C#CC(C#CCC)OC(=O)C1C(C=C(C)C)C1(C)C. The van der Waals surface area contributed by atoms with Crippen LogP contribution in [0.25, 0.3) is 0 Å². The fourth-order valence-electron chi connectivity index (χ4n) is 2.29. The van der Waals surface area contributed by atoms with Crippen LogP contribution in [0, 0.1) is 41.4 Å². The first-order chi connectivity index (χ1) is 8.84. The minimum absolute atomic E-state index is 0.0499. The van der Waals surface area contributed by atoms with Crippen molar-refractivity contribution < 1.29 is 9.53 Å². The lowest BCUT2D eigenvalue weighted by Gasteiger charge is -2.07. The van der Waals surface area contributed by atoms with E-state index in [4.69, 9.17) is 11.2 Å². The van der Waals surface area contributed by atoms with Gasteiger partial charge in [-0.2, -0.15) is 0 Å². The molecule has 0 heterocycles. The number of ether oxygens (including phenoxy) is 1. The van der Waals surface area contributed by atoms with E-state index in [1.54, 1.807) is 0 Å². The molecule has 1 aliphatic carbocycles. The predicted molar refractivity (Wildman–Crippen MR) is 77.0 cm³/mol. The van der Waals surface area contributed by atoms with Crippen molar-refractivity contribution in [3.63, 3.8) is 0 Å². The third kappa shape index (κ3) is 3.65. The lowest BCUT2D eigenvalue weighted by atomic mass is 10.1. The normalized spacial score (nSPS) is 24.2. The van der Waals surface area contributed by atoms with Gasteiger partial charge in [0.05, 0.1) is 5.92 Å². The molecule has 19 heavy (non-hydrogen) atoms. The molecule has 1 aliphatic rings. The van der Waals surface area contributed by atoms with Gasteiger partial charge in [-0.15, -0.1) is 6.42 Å². The van der Waals surface area contributed by atoms with Gasteiger partial charge in [-0.25, -0.2) is 0 Å². The van der Waals surface area contributed by atoms with Crippen molar-refractivity contribution >= 4 is 5.97 Å². The van der Waals surface area contributed by atoms with E-state index in [0.29, 0.717) is 6.42 Å². The maximum absolute atomic E-state index is 12.1. The second-order valence-electron chi connectivity index (χ2n) is 5.73. The third-order valence-corrected chi connectivity index (χ3v) is 3.47. The van der Waals surface area contributed by atoms with Crippen LogP contribution in [0.3, 0.4) is 0 Å². The zero-order valence-corrected chi connectivity index (χ0v) is 12.4. The van der Waals surface area contributed by atoms with Crippen molar-refractivity contribution in [1.29, 1.82) is 0 Å². The highest BCUT2D eigenvalue weighted by molar-refractivity contribution is 5.79. The van der Waals surface area contributed by atoms with E-state index in [9.17, 15) is 4.79 Å². The van der Waals surface area contributed by atoms with Gasteiger partial charge in [-0.05, 0) is 37.0 Å². The van der Waals surface area contributed by atoms with Crippen LogP contribution in [0.4, 0.5) is 0 Å². The number of hydrogen-bond acceptors (Lipinski definition) is 2. The van der Waals surface area contributed by atoms with Gasteiger partial charge in [0.15, 0.2) is 0 Å². The van der Waals surface area contributed by atoms with Crippen molar-refractivity contribution in [2.24, 2.45) is 17.3 Å². The summed E-state index contributed by atoms with van der Waals surface area (Å²) >= 11 is 0. The van der Waals surface area contributed by atoms with Crippen LogP contribution >= 0.6 is 0 Å². The maximum Gasteiger partial charge on any atom is 0.312 e. The van der Waals surface area contributed by atoms with Gasteiger partial charge in [0.25, 0.3) is 0 Å². The minimum atomic E-state index is -0.726. The second kappa shape index (κ2) is 5.98. The highest BCUT2D eigenvalue weighted by Gasteiger charge is 2.61. The Labute approximate surface area is 116 Å². The van der Waals surface area contributed by atoms with E-state index < -0.39 is 6.10 Å². The number of carbonyl (C=O) groups is 1. The van der Waals surface area contributed by atoms with Crippen LogP contribution in [-0.2, 0) is 9.53 Å². The topological polar surface area (TPSA) is 26.3 Å². The molecule has 0 aromatic heterocycles. The van der Waals surface area contributed by atoms with Crippen LogP contribution in [0.15, 0.2) is 11.6 Å². The third-order valence-electron chi connectivity index (χ3n) is 3.47. The maximum atomic E-state index is 12.1. The predicted octanol–water partition coefficient (Wildman–Crippen LogP) is 3.18. The van der Waals surface area contributed by atoms with E-state index in [1.807, 2.05) is 20.8 Å². The average molecular weight is 258 g/mol. The Morgan fingerprint density at radius 2 is 2.11 bits per heavy atom. The van der Waals surface area contributed by atoms with Gasteiger partial charge in [0.2, 0.25) is 6.10 Å². The van der Waals surface area contributed by atoms with Gasteiger partial charge in [0.1, 0.15) is 0 Å². The van der Waals surface area contributed by atoms with Crippen LogP contribution in [0.2, 0.25) is 0 Å². The first-order valence-corrected chi connectivity index (χ1v) is 6.64. The van der Waals surface area contributed by atoms with Gasteiger partial charge < -0.3 is 4.74 Å². The Morgan fingerprint density at radius 1 is 1.47 bits per heavy atom. The molecule has 0 aromatic carbocycles. The van der Waals surface area contributed by atoms with Crippen LogP contribution < -0.4 is 0 Å². The molecule has 1 rings (SSSR count). The monoisotopic (exact) mass is 258 g/mol. The van der Waals surface area contributed by atoms with Crippen LogP contribution in [0.5, 0.6) is 0 Å². The van der Waals surface area contributed by atoms with Crippen LogP contribution in [-0.4, -0.2) is 12.1 Å². The van der Waals surface area contributed by atoms with Crippen molar-refractivity contribution in [3.05, 3.63) is 11.6 Å². The smallest absolute Gasteiger partial charge is 0.312 e. The molecular weight excluding hydrogens is 236 g/mol. The molecule has 2 heteroatoms. The molecule has 102 valence electrons. The van der Waals surface area contributed by atoms with Gasteiger partial charge in [0, 0.05) is 6.42 Å². The Bertz CT molecular complexity index is 476. The molecular formula is C17H22O2. The van der Waals surface area contributed by atoms with Crippen molar-refractivity contribution in [1.82, 2.24) is 0 Å². The van der Waals surface area contributed by atoms with Gasteiger partial charge >= 0.3 is 5.97 Å². The Balaban J connectivity index is 2.70. The van der Waals surface area contributed by atoms with Crippen molar-refractivity contribution in [3.8, 4) is 24.2 Å². The van der Waals surface area contributed by atoms with Gasteiger partial charge in [-0.3, -0.25) is 4.79 Å². The largest absolute Gasteiger partial charge is 0.437 e. The Morgan fingerprint density at radius 3 is 2.58 bits per heavy atom. The van der Waals surface area contributed by atoms with E-state index in [1.165, 1.54) is 5.57 Å². The van der Waals surface area contributed by atoms with Crippen molar-refractivity contribution in [2.75, 3.05) is 0 Å². The number of hydrogen-bond donors (Lipinski definition) is 0. The standard InChI is InChI=1S/C17H22O2/c1-7-9-10-13(8-2)19-16(18)15-14(11-12(3)4)17(15,5)6/h2,11,13-15H,7H2,1,3-6H3. The Kier molecular flexibility index (Phi) is 4.84. The summed E-state index contributed by atoms with van der Waals surface area (Å²) in [5.74, 6) is 7.91. The first-order valence-electron chi connectivity index (χ1n) is 6.64. The minimum Gasteiger partial charge on any atom is -0.437 e. The molecule has 0 N–H and O–H groups in total. The number of carbonyl (C=O) groups excluding carboxylic acids is 1. The van der Waals surface area contributed by atoms with E-state index in [0.717, 1.165) is 0 Å². The highest BCUT2D eigenvalue weighted by atomic mass is 16.5. The molecule has 1 fully saturated rings. The van der Waals surface area contributed by atoms with E-state index >= 15 is 0 Å². The summed E-state index contributed by atoms with van der Waals surface area (Å²) in [6.45, 7) is 10.1. The number of allylic oxidation sites excluding steroid dienone is 2. The van der Waals surface area contributed by atoms with Crippen molar-refractivity contribution in [2.45, 2.75) is 47.1 Å². The number of esters is 1. The Hall–Kier alpha value is -1.67. The fourth-order valence-corrected chi connectivity index (χ4v) is 2.29. The number of terminal acetylenes is 1. The quantitative estimate of drug-likeness (QED) is 0.441. The molecule has 3 atom stereocenters. The molecule has 0 aromatic rings. The lowest BCUT2D eigenvalue weighted by Crippen LogP contribution is -2.18. The molecule has 3 unspecified atom stereocenters. The summed E-state index contributed by atoms with van der Waals surface area (Å²) in [4.78, 5) is 12.1. The number of rotatable bonds is 3. The zero-order chi connectivity index (χ0) is 14.6. The zero-order valence-electron chi connectivity index (χ0n) is 12.4. The molecule has 0 bridgehead atoms. The second-order valence-corrected chi connectivity index (χ2v) is 5.73. The molecule has 0 saturated heterocycles. The summed E-state index contributed by atoms with van der Waals surface area (Å²) < 4.78 is 5.30. The van der Waals surface area contributed by atoms with E-state index in [-0.39, 0.29) is 23.2 Å². The molecule has 0 radical (unpaired) electrons. The van der Waals surface area contributed by atoms with E-state index in [2.05, 4.69) is 37.7 Å². The molecule has 0 aliphatic heterocycles. The molecule has 0 spiro atoms. The lowest BCUT2D eigenvalue weighted by molar-refractivity contribution is -0.147. The summed E-state index contributed by atoms with van der Waals surface area (Å²) in [5.41, 5.74) is 1.17. The molecule has 1 saturated carbocycles. The summed E-state index contributed by atoms with van der Waals surface area (Å²) in [6.07, 6.45) is 7.43. The summed E-state index contributed by atoms with van der Waals surface area (Å²) in [6, 6.07) is 0. The fraction of sp³-hybridized carbons (Fsp3) is 0.588. The summed E-state index contributed by atoms with van der Waals surface area (Å²) in [7, 11) is 0. The van der Waals surface area contributed by atoms with Crippen LogP contribution in [0.1, 0.15) is 41.0 Å². The molecule has 2 nitrogen and oxygen atoms in total. The summed E-state index contributed by atoms with van der Waals surface area (Å²) in [5, 5.41) is 0. The highest BCUT2D eigenvalue weighted by Crippen LogP contribution is 2.59. The van der Waals surface area contributed by atoms with Gasteiger partial charge in [-0.1, -0.05) is 38.3 Å². The molecule has 0 amide bonds. The first kappa shape index (κ1) is 15.4. The average Bonchev–Trinajstić information content (AvgIpc) is 2.85.